The molecule has 0 bridgehead atoms. The van der Waals surface area contributed by atoms with Crippen LogP contribution in [0.5, 0.6) is 0 Å². The number of piperidine rings is 1. The van der Waals surface area contributed by atoms with Gasteiger partial charge in [-0.25, -0.2) is 0 Å². The van der Waals surface area contributed by atoms with E-state index < -0.39 is 11.7 Å². The van der Waals surface area contributed by atoms with Crippen molar-refractivity contribution in [2.45, 2.75) is 25.1 Å². The van der Waals surface area contributed by atoms with Gasteiger partial charge in [0, 0.05) is 24.2 Å². The minimum absolute atomic E-state index is 0.228. The van der Waals surface area contributed by atoms with Crippen molar-refractivity contribution < 1.29 is 13.2 Å². The molecule has 2 heterocycles. The van der Waals surface area contributed by atoms with Crippen molar-refractivity contribution in [3.05, 3.63) is 41.5 Å². The van der Waals surface area contributed by atoms with Crippen molar-refractivity contribution in [2.24, 2.45) is 0 Å². The van der Waals surface area contributed by atoms with Crippen LogP contribution >= 0.6 is 0 Å². The number of nitrogens with one attached hydrogen (secondary N) is 1. The lowest BCUT2D eigenvalue weighted by atomic mass is 10.0. The summed E-state index contributed by atoms with van der Waals surface area (Å²) in [7, 11) is 2.05. The molecule has 26 heavy (non-hydrogen) atoms. The molecule has 0 spiro atoms. The summed E-state index contributed by atoms with van der Waals surface area (Å²) in [5.74, 6) is 0.498. The second-order valence-electron chi connectivity index (χ2n) is 6.42. The molecule has 8 heteroatoms. The van der Waals surface area contributed by atoms with Crippen LogP contribution in [0.1, 0.15) is 24.0 Å². The van der Waals surface area contributed by atoms with E-state index in [1.54, 1.807) is 6.07 Å². The van der Waals surface area contributed by atoms with Crippen LogP contribution in [0.15, 0.2) is 30.3 Å². The molecule has 1 atom stereocenters. The van der Waals surface area contributed by atoms with Gasteiger partial charge in [-0.1, -0.05) is 12.1 Å². The Morgan fingerprint density at radius 2 is 1.96 bits per heavy atom. The third-order valence-corrected chi connectivity index (χ3v) is 4.38. The predicted octanol–water partition coefficient (Wildman–Crippen LogP) is 3.54. The molecule has 3 rings (SSSR count). The van der Waals surface area contributed by atoms with E-state index >= 15 is 0 Å². The van der Waals surface area contributed by atoms with E-state index in [1.807, 2.05) is 7.05 Å². The molecule has 136 valence electrons. The first kappa shape index (κ1) is 18.1. The van der Waals surface area contributed by atoms with Crippen LogP contribution in [0.25, 0.3) is 11.3 Å². The summed E-state index contributed by atoms with van der Waals surface area (Å²) in [4.78, 5) is 2.22. The highest BCUT2D eigenvalue weighted by molar-refractivity contribution is 5.67. The molecule has 1 aliphatic heterocycles. The van der Waals surface area contributed by atoms with Crippen molar-refractivity contribution in [1.82, 2.24) is 15.1 Å². The minimum Gasteiger partial charge on any atom is -0.365 e. The molecule has 1 saturated heterocycles. The number of likely N-dealkylation sites (N-methyl/N-ethyl adjacent to an activating group) is 1. The van der Waals surface area contributed by atoms with Crippen molar-refractivity contribution in [2.75, 3.05) is 25.5 Å². The standard InChI is InChI=1S/C18H18F3N5/c1-26-8-2-3-15(11-26)23-16-9-13(10-22)17(25-24-16)12-4-6-14(7-5-12)18(19,20)21/h4-7,9,15H,2-3,8,11H2,1H3,(H,23,24)/t15-/m1/s1. The zero-order valence-electron chi connectivity index (χ0n) is 14.2. The smallest absolute Gasteiger partial charge is 0.365 e. The lowest BCUT2D eigenvalue weighted by Gasteiger charge is -2.30. The number of likely N-dealkylation sites (tertiary alicyclic amines) is 1. The van der Waals surface area contributed by atoms with E-state index in [1.165, 1.54) is 12.1 Å². The summed E-state index contributed by atoms with van der Waals surface area (Å²) >= 11 is 0. The van der Waals surface area contributed by atoms with E-state index in [2.05, 4.69) is 26.5 Å². The Kier molecular flexibility index (Phi) is 5.09. The lowest BCUT2D eigenvalue weighted by Crippen LogP contribution is -2.39. The second-order valence-corrected chi connectivity index (χ2v) is 6.42. The molecule has 2 aromatic rings. The number of halogens is 3. The van der Waals surface area contributed by atoms with Crippen LogP contribution in [0.3, 0.4) is 0 Å². The molecule has 1 fully saturated rings. The number of alkyl halides is 3. The Hall–Kier alpha value is -2.66. The molecular weight excluding hydrogens is 343 g/mol. The van der Waals surface area contributed by atoms with E-state index in [-0.39, 0.29) is 17.3 Å². The van der Waals surface area contributed by atoms with Crippen LogP contribution in [0.4, 0.5) is 19.0 Å². The van der Waals surface area contributed by atoms with E-state index in [4.69, 9.17) is 0 Å². The van der Waals surface area contributed by atoms with E-state index in [0.29, 0.717) is 11.4 Å². The van der Waals surface area contributed by atoms with Crippen LogP contribution in [-0.4, -0.2) is 41.3 Å². The summed E-state index contributed by atoms with van der Waals surface area (Å²) in [5.41, 5.74) is 0.220. The van der Waals surface area contributed by atoms with Gasteiger partial charge in [0.2, 0.25) is 0 Å². The quantitative estimate of drug-likeness (QED) is 0.906. The highest BCUT2D eigenvalue weighted by atomic mass is 19.4. The number of benzene rings is 1. The van der Waals surface area contributed by atoms with Gasteiger partial charge in [0.15, 0.2) is 0 Å². The maximum atomic E-state index is 12.7. The average molecular weight is 361 g/mol. The van der Waals surface area contributed by atoms with Gasteiger partial charge < -0.3 is 10.2 Å². The van der Waals surface area contributed by atoms with Gasteiger partial charge in [-0.3, -0.25) is 0 Å². The highest BCUT2D eigenvalue weighted by Crippen LogP contribution is 2.31. The third-order valence-electron chi connectivity index (χ3n) is 4.38. The molecular formula is C18H18F3N5. The van der Waals surface area contributed by atoms with Gasteiger partial charge >= 0.3 is 6.18 Å². The zero-order chi connectivity index (χ0) is 18.7. The molecule has 1 aromatic carbocycles. The fourth-order valence-electron chi connectivity index (χ4n) is 3.07. The second kappa shape index (κ2) is 7.30. The number of anilines is 1. The van der Waals surface area contributed by atoms with Crippen LogP contribution < -0.4 is 5.32 Å². The van der Waals surface area contributed by atoms with Crippen LogP contribution in [-0.2, 0) is 6.18 Å². The van der Waals surface area contributed by atoms with Gasteiger partial charge in [0.1, 0.15) is 17.6 Å². The first-order valence-corrected chi connectivity index (χ1v) is 8.27. The molecule has 0 saturated carbocycles. The topological polar surface area (TPSA) is 64.8 Å². The van der Waals surface area contributed by atoms with Gasteiger partial charge in [-0.05, 0) is 38.6 Å². The molecule has 0 unspecified atom stereocenters. The molecule has 1 N–H and O–H groups in total. The molecule has 0 amide bonds. The maximum Gasteiger partial charge on any atom is 0.416 e. The summed E-state index contributed by atoms with van der Waals surface area (Å²) in [6.07, 6.45) is -2.31. The van der Waals surface area contributed by atoms with Crippen LogP contribution in [0, 0.1) is 11.3 Å². The molecule has 0 radical (unpaired) electrons. The summed E-state index contributed by atoms with van der Waals surface area (Å²) in [6.45, 7) is 1.93. The summed E-state index contributed by atoms with van der Waals surface area (Å²) in [6, 6.07) is 8.42. The number of nitriles is 1. The molecule has 1 aliphatic rings. The number of rotatable bonds is 3. The summed E-state index contributed by atoms with van der Waals surface area (Å²) < 4.78 is 38.0. The van der Waals surface area contributed by atoms with Gasteiger partial charge in [-0.2, -0.15) is 18.4 Å². The Balaban J connectivity index is 1.82. The fourth-order valence-corrected chi connectivity index (χ4v) is 3.07. The SMILES string of the molecule is CN1CCC[C@@H](Nc2cc(C#N)c(-c3ccc(C(F)(F)F)cc3)nn2)C1. The number of hydrogen-bond acceptors (Lipinski definition) is 5. The highest BCUT2D eigenvalue weighted by Gasteiger charge is 2.30. The number of aromatic nitrogens is 2. The Bertz CT molecular complexity index is 811. The first-order chi connectivity index (χ1) is 12.4. The molecule has 1 aromatic heterocycles. The third kappa shape index (κ3) is 4.11. The van der Waals surface area contributed by atoms with Crippen LogP contribution in [0.2, 0.25) is 0 Å². The molecule has 0 aliphatic carbocycles. The average Bonchev–Trinajstić information content (AvgIpc) is 2.61. The Morgan fingerprint density at radius 1 is 1.23 bits per heavy atom. The van der Waals surface area contributed by atoms with Crippen molar-refractivity contribution in [3.8, 4) is 17.3 Å². The molecule has 5 nitrogen and oxygen atoms in total. The fraction of sp³-hybridized carbons (Fsp3) is 0.389. The van der Waals surface area contributed by atoms with E-state index in [9.17, 15) is 18.4 Å². The number of hydrogen-bond donors (Lipinski definition) is 1. The van der Waals surface area contributed by atoms with E-state index in [0.717, 1.165) is 38.1 Å². The first-order valence-electron chi connectivity index (χ1n) is 8.27. The lowest BCUT2D eigenvalue weighted by molar-refractivity contribution is -0.137. The van der Waals surface area contributed by atoms with Crippen molar-refractivity contribution in [3.63, 3.8) is 0 Å². The monoisotopic (exact) mass is 361 g/mol. The van der Waals surface area contributed by atoms with Gasteiger partial charge in [-0.15, -0.1) is 10.2 Å². The van der Waals surface area contributed by atoms with Gasteiger partial charge in [0.05, 0.1) is 11.1 Å². The Morgan fingerprint density at radius 3 is 2.58 bits per heavy atom. The number of nitrogens with zero attached hydrogens (tertiary/aromatic N) is 4. The minimum atomic E-state index is -4.40. The summed E-state index contributed by atoms with van der Waals surface area (Å²) in [5, 5.41) is 20.8. The normalized spacial score (nSPS) is 18.3. The zero-order valence-corrected chi connectivity index (χ0v) is 14.2. The Labute approximate surface area is 149 Å². The van der Waals surface area contributed by atoms with Crippen molar-refractivity contribution in [1.29, 1.82) is 5.26 Å². The predicted molar refractivity (Wildman–Crippen MR) is 91.3 cm³/mol. The maximum absolute atomic E-state index is 12.7. The van der Waals surface area contributed by atoms with Crippen molar-refractivity contribution >= 4 is 5.82 Å². The van der Waals surface area contributed by atoms with Gasteiger partial charge in [0.25, 0.3) is 0 Å². The largest absolute Gasteiger partial charge is 0.416 e.